The first-order valence-electron chi connectivity index (χ1n) is 6.55. The molecule has 1 rings (SSSR count). The summed E-state index contributed by atoms with van der Waals surface area (Å²) in [6, 6.07) is 0.164. The minimum atomic E-state index is 0.119. The first-order chi connectivity index (χ1) is 7.25. The summed E-state index contributed by atoms with van der Waals surface area (Å²) in [6.07, 6.45) is 2.21. The molecule has 0 N–H and O–H groups in total. The maximum atomic E-state index is 12.4. The van der Waals surface area contributed by atoms with Crippen molar-refractivity contribution in [3.05, 3.63) is 0 Å². The molecule has 1 saturated heterocycles. The molecule has 0 spiro atoms. The maximum Gasteiger partial charge on any atom is 0.153 e. The van der Waals surface area contributed by atoms with Crippen LogP contribution in [0.25, 0.3) is 0 Å². The average Bonchev–Trinajstić information content (AvgIpc) is 2.62. The van der Waals surface area contributed by atoms with Crippen LogP contribution in [0, 0.1) is 11.8 Å². The third-order valence-corrected chi connectivity index (χ3v) is 3.89. The van der Waals surface area contributed by atoms with Crippen LogP contribution >= 0.6 is 0 Å². The van der Waals surface area contributed by atoms with Crippen LogP contribution in [-0.2, 0) is 4.79 Å². The van der Waals surface area contributed by atoms with Crippen LogP contribution in [0.15, 0.2) is 0 Å². The van der Waals surface area contributed by atoms with Crippen molar-refractivity contribution in [3.63, 3.8) is 0 Å². The standard InChI is InChI=1S/C14H27NO/c1-10(2)11(3)13(16)12-8-7-9-15(12)14(4,5)6/h10-12H,7-9H2,1-6H3/t11?,12-/m0/s1. The molecule has 1 unspecified atom stereocenters. The van der Waals surface area contributed by atoms with Gasteiger partial charge in [-0.15, -0.1) is 0 Å². The van der Waals surface area contributed by atoms with Crippen LogP contribution in [-0.4, -0.2) is 28.8 Å². The van der Waals surface area contributed by atoms with Gasteiger partial charge in [0.15, 0.2) is 5.78 Å². The third-order valence-electron chi connectivity index (χ3n) is 3.89. The summed E-state index contributed by atoms with van der Waals surface area (Å²) in [4.78, 5) is 14.8. The predicted octanol–water partition coefficient (Wildman–Crippen LogP) is 3.11. The number of nitrogens with zero attached hydrogens (tertiary/aromatic N) is 1. The van der Waals surface area contributed by atoms with Gasteiger partial charge in [-0.05, 0) is 46.1 Å². The van der Waals surface area contributed by atoms with Crippen molar-refractivity contribution in [2.75, 3.05) is 6.54 Å². The molecule has 0 bridgehead atoms. The van der Waals surface area contributed by atoms with Crippen LogP contribution in [0.1, 0.15) is 54.4 Å². The second-order valence-electron chi connectivity index (χ2n) is 6.46. The average molecular weight is 225 g/mol. The lowest BCUT2D eigenvalue weighted by Gasteiger charge is -2.37. The van der Waals surface area contributed by atoms with Gasteiger partial charge in [-0.3, -0.25) is 9.69 Å². The van der Waals surface area contributed by atoms with E-state index in [1.807, 2.05) is 0 Å². The Morgan fingerprint density at radius 2 is 1.81 bits per heavy atom. The molecular weight excluding hydrogens is 198 g/mol. The highest BCUT2D eigenvalue weighted by molar-refractivity contribution is 5.86. The molecule has 94 valence electrons. The number of hydrogen-bond acceptors (Lipinski definition) is 2. The maximum absolute atomic E-state index is 12.4. The minimum absolute atomic E-state index is 0.119. The lowest BCUT2D eigenvalue weighted by molar-refractivity contribution is -0.129. The third kappa shape index (κ3) is 2.85. The van der Waals surface area contributed by atoms with Gasteiger partial charge in [0.05, 0.1) is 6.04 Å². The lowest BCUT2D eigenvalue weighted by Crippen LogP contribution is -2.49. The van der Waals surface area contributed by atoms with Crippen LogP contribution in [0.5, 0.6) is 0 Å². The highest BCUT2D eigenvalue weighted by Gasteiger charge is 2.38. The molecule has 2 nitrogen and oxygen atoms in total. The lowest BCUT2D eigenvalue weighted by atomic mass is 9.88. The van der Waals surface area contributed by atoms with Gasteiger partial charge in [0.2, 0.25) is 0 Å². The van der Waals surface area contributed by atoms with Crippen LogP contribution < -0.4 is 0 Å². The molecule has 1 aliphatic rings. The normalized spacial score (nSPS) is 25.1. The summed E-state index contributed by atoms with van der Waals surface area (Å²) in [7, 11) is 0. The quantitative estimate of drug-likeness (QED) is 0.735. The van der Waals surface area contributed by atoms with E-state index in [1.165, 1.54) is 6.42 Å². The first kappa shape index (κ1) is 13.7. The molecule has 2 atom stereocenters. The number of rotatable bonds is 3. The van der Waals surface area contributed by atoms with Gasteiger partial charge < -0.3 is 0 Å². The topological polar surface area (TPSA) is 20.3 Å². The van der Waals surface area contributed by atoms with E-state index in [1.54, 1.807) is 0 Å². The fraction of sp³-hybridized carbons (Fsp3) is 0.929. The van der Waals surface area contributed by atoms with Gasteiger partial charge in [-0.1, -0.05) is 20.8 Å². The van der Waals surface area contributed by atoms with Crippen molar-refractivity contribution < 1.29 is 4.79 Å². The molecule has 1 aliphatic heterocycles. The zero-order valence-corrected chi connectivity index (χ0v) is 11.7. The van der Waals surface area contributed by atoms with Crippen molar-refractivity contribution in [1.29, 1.82) is 0 Å². The molecule has 0 aromatic carbocycles. The number of carbonyl (C=O) groups is 1. The van der Waals surface area contributed by atoms with Gasteiger partial charge in [-0.25, -0.2) is 0 Å². The molecule has 1 heterocycles. The Bertz CT molecular complexity index is 252. The van der Waals surface area contributed by atoms with Crippen molar-refractivity contribution in [1.82, 2.24) is 4.90 Å². The Labute approximate surface area is 100 Å². The van der Waals surface area contributed by atoms with Gasteiger partial charge in [0.25, 0.3) is 0 Å². The van der Waals surface area contributed by atoms with E-state index < -0.39 is 0 Å². The Balaban J connectivity index is 2.76. The SMILES string of the molecule is CC(C)C(C)C(=O)[C@@H]1CCCN1C(C)(C)C. The van der Waals surface area contributed by atoms with E-state index >= 15 is 0 Å². The number of hydrogen-bond donors (Lipinski definition) is 0. The van der Waals surface area contributed by atoms with Gasteiger partial charge >= 0.3 is 0 Å². The summed E-state index contributed by atoms with van der Waals surface area (Å²) in [5.74, 6) is 1.09. The van der Waals surface area contributed by atoms with E-state index in [0.29, 0.717) is 11.7 Å². The largest absolute Gasteiger partial charge is 0.298 e. The number of likely N-dealkylation sites (tertiary alicyclic amines) is 1. The van der Waals surface area contributed by atoms with Crippen molar-refractivity contribution >= 4 is 5.78 Å². The predicted molar refractivity (Wildman–Crippen MR) is 68.5 cm³/mol. The molecule has 0 amide bonds. The zero-order chi connectivity index (χ0) is 12.5. The minimum Gasteiger partial charge on any atom is -0.298 e. The Hall–Kier alpha value is -0.370. The Morgan fingerprint density at radius 3 is 2.25 bits per heavy atom. The molecule has 0 saturated carbocycles. The second kappa shape index (κ2) is 4.87. The second-order valence-corrected chi connectivity index (χ2v) is 6.46. The fourth-order valence-electron chi connectivity index (χ4n) is 2.50. The molecular formula is C14H27NO. The molecule has 0 aliphatic carbocycles. The van der Waals surface area contributed by atoms with Crippen molar-refractivity contribution in [2.45, 2.75) is 66.0 Å². The van der Waals surface area contributed by atoms with E-state index in [4.69, 9.17) is 0 Å². The highest BCUT2D eigenvalue weighted by atomic mass is 16.1. The van der Waals surface area contributed by atoms with Crippen molar-refractivity contribution in [2.24, 2.45) is 11.8 Å². The van der Waals surface area contributed by atoms with E-state index in [-0.39, 0.29) is 17.5 Å². The van der Waals surface area contributed by atoms with Crippen LogP contribution in [0.4, 0.5) is 0 Å². The summed E-state index contributed by atoms with van der Waals surface area (Å²) in [5.41, 5.74) is 0.119. The van der Waals surface area contributed by atoms with E-state index in [0.717, 1.165) is 13.0 Å². The molecule has 1 fully saturated rings. The number of ketones is 1. The Kier molecular flexibility index (Phi) is 4.17. The molecule has 2 heteroatoms. The summed E-state index contributed by atoms with van der Waals surface area (Å²) < 4.78 is 0. The van der Waals surface area contributed by atoms with Gasteiger partial charge in [0, 0.05) is 11.5 Å². The zero-order valence-electron chi connectivity index (χ0n) is 11.7. The summed E-state index contributed by atoms with van der Waals surface area (Å²) in [6.45, 7) is 14.0. The van der Waals surface area contributed by atoms with Crippen LogP contribution in [0.3, 0.4) is 0 Å². The molecule has 0 aromatic rings. The van der Waals surface area contributed by atoms with Gasteiger partial charge in [-0.2, -0.15) is 0 Å². The Morgan fingerprint density at radius 1 is 1.25 bits per heavy atom. The highest BCUT2D eigenvalue weighted by Crippen LogP contribution is 2.29. The molecule has 0 aromatic heterocycles. The van der Waals surface area contributed by atoms with Crippen molar-refractivity contribution in [3.8, 4) is 0 Å². The smallest absolute Gasteiger partial charge is 0.153 e. The number of carbonyl (C=O) groups excluding carboxylic acids is 1. The van der Waals surface area contributed by atoms with Crippen LogP contribution in [0.2, 0.25) is 0 Å². The fourth-order valence-corrected chi connectivity index (χ4v) is 2.50. The number of Topliss-reactive ketones (excluding diaryl/α,β-unsaturated/α-hetero) is 1. The molecule has 0 radical (unpaired) electrons. The first-order valence-corrected chi connectivity index (χ1v) is 6.55. The van der Waals surface area contributed by atoms with E-state index in [2.05, 4.69) is 46.4 Å². The van der Waals surface area contributed by atoms with Gasteiger partial charge in [0.1, 0.15) is 0 Å². The summed E-state index contributed by atoms with van der Waals surface area (Å²) >= 11 is 0. The summed E-state index contributed by atoms with van der Waals surface area (Å²) in [5, 5.41) is 0. The molecule has 16 heavy (non-hydrogen) atoms. The monoisotopic (exact) mass is 225 g/mol. The van der Waals surface area contributed by atoms with E-state index in [9.17, 15) is 4.79 Å².